The lowest BCUT2D eigenvalue weighted by molar-refractivity contribution is -0.119. The molecule has 148 valence electrons. The normalized spacial score (nSPS) is 10.5. The van der Waals surface area contributed by atoms with Crippen molar-refractivity contribution in [3.8, 4) is 0 Å². The second kappa shape index (κ2) is 8.96. The average molecular weight is 397 g/mol. The van der Waals surface area contributed by atoms with E-state index < -0.39 is 11.9 Å². The van der Waals surface area contributed by atoms with Crippen molar-refractivity contribution in [2.45, 2.75) is 6.42 Å². The van der Waals surface area contributed by atoms with E-state index in [1.54, 1.807) is 30.6 Å². The second-order valence-electron chi connectivity index (χ2n) is 6.70. The van der Waals surface area contributed by atoms with Gasteiger partial charge in [-0.05, 0) is 41.8 Å². The van der Waals surface area contributed by atoms with Crippen LogP contribution in [-0.2, 0) is 16.0 Å². The van der Waals surface area contributed by atoms with Gasteiger partial charge in [0.15, 0.2) is 6.61 Å². The zero-order valence-corrected chi connectivity index (χ0v) is 16.1. The number of rotatable bonds is 6. The highest BCUT2D eigenvalue weighted by molar-refractivity contribution is 5.97. The molecular weight excluding hydrogens is 378 g/mol. The quantitative estimate of drug-likeness (QED) is 0.497. The summed E-state index contributed by atoms with van der Waals surface area (Å²) in [7, 11) is 0. The van der Waals surface area contributed by atoms with Crippen molar-refractivity contribution in [1.29, 1.82) is 0 Å². The molecule has 6 nitrogen and oxygen atoms in total. The third kappa shape index (κ3) is 4.67. The van der Waals surface area contributed by atoms with E-state index in [9.17, 15) is 9.59 Å². The van der Waals surface area contributed by atoms with E-state index in [0.29, 0.717) is 28.7 Å². The number of nitrogens with zero attached hydrogens (tertiary/aromatic N) is 2. The number of para-hydroxylation sites is 1. The highest BCUT2D eigenvalue weighted by Crippen LogP contribution is 2.19. The van der Waals surface area contributed by atoms with Gasteiger partial charge in [-0.15, -0.1) is 0 Å². The molecule has 1 amide bonds. The molecule has 1 aromatic heterocycles. The van der Waals surface area contributed by atoms with Crippen LogP contribution in [0.2, 0.25) is 0 Å². The zero-order valence-electron chi connectivity index (χ0n) is 16.1. The number of fused-ring (bicyclic) bond motifs is 1. The predicted octanol–water partition coefficient (Wildman–Crippen LogP) is 4.02. The van der Waals surface area contributed by atoms with Crippen LogP contribution in [0.3, 0.4) is 0 Å². The fourth-order valence-electron chi connectivity index (χ4n) is 3.10. The molecular formula is C24H19N3O3. The van der Waals surface area contributed by atoms with E-state index in [1.807, 2.05) is 54.6 Å². The first-order chi connectivity index (χ1) is 14.7. The molecule has 0 spiro atoms. The summed E-state index contributed by atoms with van der Waals surface area (Å²) in [6.07, 6.45) is 3.83. The number of nitrogens with one attached hydrogen (secondary N) is 1. The van der Waals surface area contributed by atoms with Gasteiger partial charge in [-0.1, -0.05) is 48.5 Å². The molecule has 6 heteroatoms. The molecule has 0 bridgehead atoms. The first-order valence-electron chi connectivity index (χ1n) is 9.48. The highest BCUT2D eigenvalue weighted by atomic mass is 16.5. The molecule has 0 fully saturated rings. The summed E-state index contributed by atoms with van der Waals surface area (Å²) in [6, 6.07) is 22.5. The number of esters is 1. The van der Waals surface area contributed by atoms with Gasteiger partial charge in [-0.3, -0.25) is 14.8 Å². The van der Waals surface area contributed by atoms with Gasteiger partial charge in [0.25, 0.3) is 5.91 Å². The number of hydrogen-bond acceptors (Lipinski definition) is 5. The third-order valence-corrected chi connectivity index (χ3v) is 4.57. The Balaban J connectivity index is 1.38. The molecule has 0 unspecified atom stereocenters. The first kappa shape index (κ1) is 19.3. The number of aromatic nitrogens is 2. The Hall–Kier alpha value is -4.06. The molecule has 1 heterocycles. The van der Waals surface area contributed by atoms with Crippen LogP contribution >= 0.6 is 0 Å². The molecule has 4 rings (SSSR count). The standard InChI is InChI=1S/C24H19N3O3/c28-23(16-30-24(29)19-10-11-21-22(15-19)26-13-12-25-21)27-20-9-5-4-8-18(20)14-17-6-2-1-3-7-17/h1-13,15H,14,16H2,(H,27,28). The Morgan fingerprint density at radius 3 is 2.40 bits per heavy atom. The summed E-state index contributed by atoms with van der Waals surface area (Å²) in [5.41, 5.74) is 4.42. The Bertz CT molecular complexity index is 1190. The number of amides is 1. The summed E-state index contributed by atoms with van der Waals surface area (Å²) in [5.74, 6) is -0.986. The maximum absolute atomic E-state index is 12.4. The van der Waals surface area contributed by atoms with Crippen LogP contribution in [0.15, 0.2) is 85.2 Å². The maximum atomic E-state index is 12.4. The largest absolute Gasteiger partial charge is 0.452 e. The van der Waals surface area contributed by atoms with Crippen LogP contribution < -0.4 is 5.32 Å². The van der Waals surface area contributed by atoms with Crippen molar-refractivity contribution in [3.63, 3.8) is 0 Å². The van der Waals surface area contributed by atoms with Crippen LogP contribution in [0.4, 0.5) is 5.69 Å². The highest BCUT2D eigenvalue weighted by Gasteiger charge is 2.13. The van der Waals surface area contributed by atoms with Gasteiger partial charge in [0.2, 0.25) is 0 Å². The topological polar surface area (TPSA) is 81.2 Å². The molecule has 1 N–H and O–H groups in total. The molecule has 0 saturated heterocycles. The predicted molar refractivity (Wildman–Crippen MR) is 114 cm³/mol. The minimum Gasteiger partial charge on any atom is -0.452 e. The van der Waals surface area contributed by atoms with Crippen molar-refractivity contribution >= 4 is 28.6 Å². The van der Waals surface area contributed by atoms with Gasteiger partial charge in [-0.25, -0.2) is 4.79 Å². The van der Waals surface area contributed by atoms with Crippen molar-refractivity contribution in [2.24, 2.45) is 0 Å². The van der Waals surface area contributed by atoms with Crippen molar-refractivity contribution in [1.82, 2.24) is 9.97 Å². The lowest BCUT2D eigenvalue weighted by Crippen LogP contribution is -2.21. The lowest BCUT2D eigenvalue weighted by atomic mass is 10.0. The van der Waals surface area contributed by atoms with Crippen LogP contribution in [-0.4, -0.2) is 28.5 Å². The summed E-state index contributed by atoms with van der Waals surface area (Å²) < 4.78 is 5.17. The minimum absolute atomic E-state index is 0.320. The Morgan fingerprint density at radius 1 is 0.833 bits per heavy atom. The van der Waals surface area contributed by atoms with Gasteiger partial charge >= 0.3 is 5.97 Å². The molecule has 0 radical (unpaired) electrons. The summed E-state index contributed by atoms with van der Waals surface area (Å²) in [6.45, 7) is -0.378. The van der Waals surface area contributed by atoms with E-state index in [0.717, 1.165) is 11.1 Å². The van der Waals surface area contributed by atoms with Gasteiger partial charge in [0, 0.05) is 18.1 Å². The lowest BCUT2D eigenvalue weighted by Gasteiger charge is -2.11. The van der Waals surface area contributed by atoms with Crippen LogP contribution in [0.5, 0.6) is 0 Å². The molecule has 0 aliphatic heterocycles. The zero-order chi connectivity index (χ0) is 20.8. The average Bonchev–Trinajstić information content (AvgIpc) is 2.79. The van der Waals surface area contributed by atoms with E-state index in [4.69, 9.17) is 4.74 Å². The Morgan fingerprint density at radius 2 is 1.57 bits per heavy atom. The SMILES string of the molecule is O=C(COC(=O)c1ccc2nccnc2c1)Nc1ccccc1Cc1ccccc1. The summed E-state index contributed by atoms with van der Waals surface area (Å²) >= 11 is 0. The Kier molecular flexibility index (Phi) is 5.75. The molecule has 30 heavy (non-hydrogen) atoms. The van der Waals surface area contributed by atoms with E-state index in [2.05, 4.69) is 15.3 Å². The number of anilines is 1. The van der Waals surface area contributed by atoms with Gasteiger partial charge in [0.05, 0.1) is 16.6 Å². The van der Waals surface area contributed by atoms with Crippen LogP contribution in [0, 0.1) is 0 Å². The van der Waals surface area contributed by atoms with Crippen molar-refractivity contribution in [2.75, 3.05) is 11.9 Å². The van der Waals surface area contributed by atoms with Crippen molar-refractivity contribution in [3.05, 3.63) is 102 Å². The van der Waals surface area contributed by atoms with Gasteiger partial charge < -0.3 is 10.1 Å². The first-order valence-corrected chi connectivity index (χ1v) is 9.48. The maximum Gasteiger partial charge on any atom is 0.338 e. The molecule has 4 aromatic rings. The van der Waals surface area contributed by atoms with Crippen molar-refractivity contribution < 1.29 is 14.3 Å². The molecule has 0 saturated carbocycles. The van der Waals surface area contributed by atoms with Crippen LogP contribution in [0.25, 0.3) is 11.0 Å². The van der Waals surface area contributed by atoms with E-state index >= 15 is 0 Å². The number of hydrogen-bond donors (Lipinski definition) is 1. The monoisotopic (exact) mass is 397 g/mol. The van der Waals surface area contributed by atoms with E-state index in [-0.39, 0.29) is 6.61 Å². The fourth-order valence-corrected chi connectivity index (χ4v) is 3.10. The van der Waals surface area contributed by atoms with E-state index in [1.165, 1.54) is 0 Å². The van der Waals surface area contributed by atoms with Gasteiger partial charge in [-0.2, -0.15) is 0 Å². The number of carbonyl (C=O) groups excluding carboxylic acids is 2. The Labute approximate surface area is 173 Å². The number of ether oxygens (including phenoxy) is 1. The van der Waals surface area contributed by atoms with Crippen LogP contribution in [0.1, 0.15) is 21.5 Å². The molecule has 0 aliphatic carbocycles. The second-order valence-corrected chi connectivity index (χ2v) is 6.70. The smallest absolute Gasteiger partial charge is 0.338 e. The minimum atomic E-state index is -0.588. The molecule has 3 aromatic carbocycles. The summed E-state index contributed by atoms with van der Waals surface area (Å²) in [5, 5.41) is 2.83. The summed E-state index contributed by atoms with van der Waals surface area (Å²) in [4.78, 5) is 33.0. The number of carbonyl (C=O) groups is 2. The molecule has 0 aliphatic rings. The fraction of sp³-hybridized carbons (Fsp3) is 0.0833. The van der Waals surface area contributed by atoms with Gasteiger partial charge in [0.1, 0.15) is 0 Å². The number of benzene rings is 3. The molecule has 0 atom stereocenters. The third-order valence-electron chi connectivity index (χ3n) is 4.57.